The van der Waals surface area contributed by atoms with Crippen molar-refractivity contribution in [3.8, 4) is 0 Å². The Morgan fingerprint density at radius 3 is 2.48 bits per heavy atom. The zero-order valence-corrected chi connectivity index (χ0v) is 16.0. The minimum absolute atomic E-state index is 0.141. The molecule has 1 aromatic rings. The van der Waals surface area contributed by atoms with E-state index in [1.807, 2.05) is 23.8 Å². The molecule has 1 atom stereocenters. The summed E-state index contributed by atoms with van der Waals surface area (Å²) >= 11 is 1.53. The molecule has 0 saturated heterocycles. The Hall–Kier alpha value is -1.12. The highest BCUT2D eigenvalue weighted by molar-refractivity contribution is 7.92. The van der Waals surface area contributed by atoms with Crippen LogP contribution in [0.25, 0.3) is 0 Å². The van der Waals surface area contributed by atoms with Gasteiger partial charge in [0.05, 0.1) is 17.8 Å². The van der Waals surface area contributed by atoms with Gasteiger partial charge in [0, 0.05) is 12.8 Å². The van der Waals surface area contributed by atoms with E-state index in [0.29, 0.717) is 12.5 Å². The molecule has 0 fully saturated rings. The molecule has 1 aromatic heterocycles. The van der Waals surface area contributed by atoms with Gasteiger partial charge >= 0.3 is 0 Å². The first-order valence-electron chi connectivity index (χ1n) is 7.46. The predicted octanol–water partition coefficient (Wildman–Crippen LogP) is 1.33. The number of sulfone groups is 1. The molecule has 3 N–H and O–H groups in total. The van der Waals surface area contributed by atoms with E-state index in [9.17, 15) is 13.5 Å². The van der Waals surface area contributed by atoms with E-state index < -0.39 is 20.2 Å². The summed E-state index contributed by atoms with van der Waals surface area (Å²) in [4.78, 5) is 4.34. The minimum atomic E-state index is -3.20. The van der Waals surface area contributed by atoms with E-state index in [-0.39, 0.29) is 13.1 Å². The van der Waals surface area contributed by atoms with Crippen LogP contribution in [0.5, 0.6) is 0 Å². The SMILES string of the molecule is CCNC(=NCC(C)(C)S(C)(=O)=O)NCC(C)(O)c1ccsc1. The van der Waals surface area contributed by atoms with Crippen LogP contribution >= 0.6 is 11.3 Å². The van der Waals surface area contributed by atoms with E-state index >= 15 is 0 Å². The number of nitrogens with one attached hydrogen (secondary N) is 2. The lowest BCUT2D eigenvalue weighted by atomic mass is 9.99. The van der Waals surface area contributed by atoms with Crippen molar-refractivity contribution in [2.45, 2.75) is 38.0 Å². The second-order valence-corrected chi connectivity index (χ2v) is 9.80. The van der Waals surface area contributed by atoms with Gasteiger partial charge in [-0.15, -0.1) is 0 Å². The fourth-order valence-corrected chi connectivity index (χ4v) is 2.74. The first kappa shape index (κ1) is 19.9. The van der Waals surface area contributed by atoms with Gasteiger partial charge in [-0.05, 0) is 50.1 Å². The van der Waals surface area contributed by atoms with Crippen molar-refractivity contribution in [1.29, 1.82) is 0 Å². The molecule has 0 aromatic carbocycles. The van der Waals surface area contributed by atoms with Crippen molar-refractivity contribution >= 4 is 27.1 Å². The lowest BCUT2D eigenvalue weighted by molar-refractivity contribution is 0.0621. The van der Waals surface area contributed by atoms with Gasteiger partial charge in [0.2, 0.25) is 0 Å². The van der Waals surface area contributed by atoms with Gasteiger partial charge in [0.1, 0.15) is 5.60 Å². The summed E-state index contributed by atoms with van der Waals surface area (Å²) in [6, 6.07) is 1.88. The molecule has 1 heterocycles. The standard InChI is InChI=1S/C15H27N3O3S2/c1-6-16-13(17-10-14(2,3)23(5,20)21)18-11-15(4,19)12-7-8-22-9-12/h7-9,19H,6,10-11H2,1-5H3,(H2,16,17,18). The first-order valence-corrected chi connectivity index (χ1v) is 10.3. The van der Waals surface area contributed by atoms with Gasteiger partial charge in [0.15, 0.2) is 15.8 Å². The number of hydrogen-bond donors (Lipinski definition) is 3. The Labute approximate surface area is 143 Å². The molecule has 6 nitrogen and oxygen atoms in total. The highest BCUT2D eigenvalue weighted by Gasteiger charge is 2.30. The molecule has 0 amide bonds. The van der Waals surface area contributed by atoms with Gasteiger partial charge in [0.25, 0.3) is 0 Å². The fourth-order valence-electron chi connectivity index (χ4n) is 1.66. The lowest BCUT2D eigenvalue weighted by Gasteiger charge is -2.25. The Kier molecular flexibility index (Phi) is 6.61. The van der Waals surface area contributed by atoms with Gasteiger partial charge in [-0.1, -0.05) is 0 Å². The monoisotopic (exact) mass is 361 g/mol. The quantitative estimate of drug-likeness (QED) is 0.503. The van der Waals surface area contributed by atoms with Crippen LogP contribution in [0.3, 0.4) is 0 Å². The molecule has 0 radical (unpaired) electrons. The number of rotatable bonds is 7. The summed E-state index contributed by atoms with van der Waals surface area (Å²) in [5, 5.41) is 20.5. The molecule has 23 heavy (non-hydrogen) atoms. The molecule has 0 bridgehead atoms. The average molecular weight is 362 g/mol. The van der Waals surface area contributed by atoms with Crippen LogP contribution in [0, 0.1) is 0 Å². The number of thiophene rings is 1. The van der Waals surface area contributed by atoms with Crippen LogP contribution in [0.1, 0.15) is 33.3 Å². The van der Waals surface area contributed by atoms with Crippen molar-refractivity contribution in [2.75, 3.05) is 25.9 Å². The number of aliphatic imine (C=N–C) groups is 1. The molecule has 0 aliphatic carbocycles. The summed E-state index contributed by atoms with van der Waals surface area (Å²) in [5.41, 5.74) is -0.190. The molecule has 132 valence electrons. The molecule has 0 aliphatic heterocycles. The van der Waals surface area contributed by atoms with Gasteiger partial charge in [-0.3, -0.25) is 4.99 Å². The zero-order valence-electron chi connectivity index (χ0n) is 14.4. The molecule has 0 saturated carbocycles. The van der Waals surface area contributed by atoms with Crippen molar-refractivity contribution in [1.82, 2.24) is 10.6 Å². The zero-order chi connectivity index (χ0) is 17.7. The van der Waals surface area contributed by atoms with Crippen LogP contribution in [-0.4, -0.2) is 50.1 Å². The maximum absolute atomic E-state index is 11.7. The lowest BCUT2D eigenvalue weighted by Crippen LogP contribution is -2.45. The number of nitrogens with zero attached hydrogens (tertiary/aromatic N) is 1. The Morgan fingerprint density at radius 1 is 1.35 bits per heavy atom. The van der Waals surface area contributed by atoms with Crippen molar-refractivity contribution in [3.63, 3.8) is 0 Å². The minimum Gasteiger partial charge on any atom is -0.384 e. The molecule has 0 spiro atoms. The molecule has 0 aliphatic rings. The van der Waals surface area contributed by atoms with E-state index in [4.69, 9.17) is 0 Å². The largest absolute Gasteiger partial charge is 0.384 e. The number of hydrogen-bond acceptors (Lipinski definition) is 5. The second-order valence-electron chi connectivity index (χ2n) is 6.37. The molecular weight excluding hydrogens is 334 g/mol. The summed E-state index contributed by atoms with van der Waals surface area (Å²) < 4.78 is 22.6. The molecule has 1 unspecified atom stereocenters. The normalized spacial score (nSPS) is 16.0. The smallest absolute Gasteiger partial charge is 0.191 e. The van der Waals surface area contributed by atoms with Gasteiger partial charge < -0.3 is 15.7 Å². The van der Waals surface area contributed by atoms with Gasteiger partial charge in [-0.2, -0.15) is 11.3 Å². The highest BCUT2D eigenvalue weighted by Crippen LogP contribution is 2.22. The summed E-state index contributed by atoms with van der Waals surface area (Å²) in [6.07, 6.45) is 1.21. The fraction of sp³-hybridized carbons (Fsp3) is 0.667. The van der Waals surface area contributed by atoms with E-state index in [1.54, 1.807) is 20.8 Å². The average Bonchev–Trinajstić information content (AvgIpc) is 2.95. The Balaban J connectivity index is 2.77. The van der Waals surface area contributed by atoms with Crippen molar-refractivity contribution in [2.24, 2.45) is 4.99 Å². The topological polar surface area (TPSA) is 90.8 Å². The maximum atomic E-state index is 11.7. The van der Waals surface area contributed by atoms with Crippen LogP contribution in [-0.2, 0) is 15.4 Å². The second kappa shape index (κ2) is 7.63. The third-order valence-electron chi connectivity index (χ3n) is 3.71. The number of guanidine groups is 1. The third kappa shape index (κ3) is 5.78. The van der Waals surface area contributed by atoms with Gasteiger partial charge in [-0.25, -0.2) is 8.42 Å². The third-order valence-corrected chi connectivity index (χ3v) is 6.53. The Bertz CT molecular complexity index is 620. The van der Waals surface area contributed by atoms with E-state index in [1.165, 1.54) is 17.6 Å². The highest BCUT2D eigenvalue weighted by atomic mass is 32.2. The summed E-state index contributed by atoms with van der Waals surface area (Å²) in [6.45, 7) is 8.01. The first-order chi connectivity index (χ1) is 10.5. The molecule has 1 rings (SSSR count). The summed E-state index contributed by atoms with van der Waals surface area (Å²) in [7, 11) is -3.20. The van der Waals surface area contributed by atoms with Crippen LogP contribution < -0.4 is 10.6 Å². The van der Waals surface area contributed by atoms with Crippen LogP contribution in [0.2, 0.25) is 0 Å². The Morgan fingerprint density at radius 2 is 2.00 bits per heavy atom. The van der Waals surface area contributed by atoms with Crippen molar-refractivity contribution in [3.05, 3.63) is 22.4 Å². The van der Waals surface area contributed by atoms with E-state index in [0.717, 1.165) is 5.56 Å². The molecular formula is C15H27N3O3S2. The van der Waals surface area contributed by atoms with Crippen molar-refractivity contribution < 1.29 is 13.5 Å². The molecule has 8 heteroatoms. The summed E-state index contributed by atoms with van der Waals surface area (Å²) in [5.74, 6) is 0.486. The van der Waals surface area contributed by atoms with E-state index in [2.05, 4.69) is 15.6 Å². The number of aliphatic hydroxyl groups is 1. The maximum Gasteiger partial charge on any atom is 0.191 e. The van der Waals surface area contributed by atoms with Crippen LogP contribution in [0.4, 0.5) is 0 Å². The van der Waals surface area contributed by atoms with Crippen LogP contribution in [0.15, 0.2) is 21.8 Å². The predicted molar refractivity (Wildman–Crippen MR) is 96.8 cm³/mol.